The lowest BCUT2D eigenvalue weighted by atomic mass is 10.1. The second-order valence-corrected chi connectivity index (χ2v) is 6.56. The van der Waals surface area contributed by atoms with Crippen LogP contribution in [0.2, 0.25) is 0 Å². The summed E-state index contributed by atoms with van der Waals surface area (Å²) in [4.78, 5) is 15.2. The normalized spacial score (nSPS) is 14.0. The fourth-order valence-electron chi connectivity index (χ4n) is 3.34. The first-order chi connectivity index (χ1) is 13.1. The van der Waals surface area contributed by atoms with Gasteiger partial charge in [-0.2, -0.15) is 0 Å². The van der Waals surface area contributed by atoms with Crippen molar-refractivity contribution in [2.45, 2.75) is 19.5 Å². The molecule has 0 fully saturated rings. The van der Waals surface area contributed by atoms with E-state index in [0.717, 1.165) is 42.9 Å². The van der Waals surface area contributed by atoms with Crippen molar-refractivity contribution < 1.29 is 9.13 Å². The molecule has 0 amide bonds. The van der Waals surface area contributed by atoms with Crippen molar-refractivity contribution in [1.29, 1.82) is 0 Å². The third-order valence-electron chi connectivity index (χ3n) is 4.70. The molecular formula is C20H20FN5O. The minimum atomic E-state index is -0.313. The predicted octanol–water partition coefficient (Wildman–Crippen LogP) is 2.83. The molecule has 0 atom stereocenters. The van der Waals surface area contributed by atoms with Crippen LogP contribution in [0.25, 0.3) is 11.3 Å². The van der Waals surface area contributed by atoms with E-state index in [-0.39, 0.29) is 5.82 Å². The number of pyridine rings is 1. The average Bonchev–Trinajstić information content (AvgIpc) is 2.69. The van der Waals surface area contributed by atoms with Crippen LogP contribution in [0, 0.1) is 5.82 Å². The van der Waals surface area contributed by atoms with Gasteiger partial charge in [0.05, 0.1) is 18.5 Å². The van der Waals surface area contributed by atoms with Crippen LogP contribution in [-0.2, 0) is 19.5 Å². The van der Waals surface area contributed by atoms with Crippen LogP contribution in [0.4, 0.5) is 10.3 Å². The lowest BCUT2D eigenvalue weighted by molar-refractivity contribution is 0.243. The van der Waals surface area contributed by atoms with Crippen LogP contribution >= 0.6 is 0 Å². The molecule has 0 bridgehead atoms. The standard InChI is InChI=1S/C20H20FN5O/c1-27-19-5-3-15(21)8-16(19)18-4-2-13(9-23-18)11-26-7-6-17-14(12-26)10-24-20(22)25-17/h2-5,8-10H,6-7,11-12H2,1H3,(H2,22,24,25). The Morgan fingerprint density at radius 1 is 1.19 bits per heavy atom. The number of hydrogen-bond acceptors (Lipinski definition) is 6. The molecule has 138 valence electrons. The molecule has 0 spiro atoms. The molecule has 3 aromatic rings. The summed E-state index contributed by atoms with van der Waals surface area (Å²) in [6.07, 6.45) is 4.49. The van der Waals surface area contributed by atoms with Gasteiger partial charge in [0.15, 0.2) is 0 Å². The number of anilines is 1. The monoisotopic (exact) mass is 365 g/mol. The van der Waals surface area contributed by atoms with Gasteiger partial charge in [0, 0.05) is 49.6 Å². The number of hydrogen-bond donors (Lipinski definition) is 1. The summed E-state index contributed by atoms with van der Waals surface area (Å²) in [6, 6.07) is 8.34. The summed E-state index contributed by atoms with van der Waals surface area (Å²) in [5, 5.41) is 0. The van der Waals surface area contributed by atoms with Crippen LogP contribution < -0.4 is 10.5 Å². The molecule has 2 N–H and O–H groups in total. The quantitative estimate of drug-likeness (QED) is 0.766. The van der Waals surface area contributed by atoms with E-state index in [1.807, 2.05) is 18.3 Å². The fourth-order valence-corrected chi connectivity index (χ4v) is 3.34. The number of fused-ring (bicyclic) bond motifs is 1. The van der Waals surface area contributed by atoms with Gasteiger partial charge in [0.2, 0.25) is 5.95 Å². The molecule has 6 nitrogen and oxygen atoms in total. The SMILES string of the molecule is COc1ccc(F)cc1-c1ccc(CN2CCc3nc(N)ncc3C2)cn1. The van der Waals surface area contributed by atoms with Gasteiger partial charge in [-0.3, -0.25) is 9.88 Å². The smallest absolute Gasteiger partial charge is 0.220 e. The van der Waals surface area contributed by atoms with Gasteiger partial charge in [-0.15, -0.1) is 0 Å². The van der Waals surface area contributed by atoms with Gasteiger partial charge in [0.1, 0.15) is 11.6 Å². The third-order valence-corrected chi connectivity index (χ3v) is 4.70. The van der Waals surface area contributed by atoms with Gasteiger partial charge in [-0.05, 0) is 29.8 Å². The maximum atomic E-state index is 13.6. The van der Waals surface area contributed by atoms with Gasteiger partial charge in [-0.25, -0.2) is 14.4 Å². The predicted molar refractivity (Wildman–Crippen MR) is 100 cm³/mol. The first-order valence-corrected chi connectivity index (χ1v) is 8.74. The molecule has 2 aromatic heterocycles. The lowest BCUT2D eigenvalue weighted by Crippen LogP contribution is -2.31. The number of nitrogens with zero attached hydrogens (tertiary/aromatic N) is 4. The molecule has 1 aliphatic heterocycles. The van der Waals surface area contributed by atoms with E-state index in [2.05, 4.69) is 19.9 Å². The maximum absolute atomic E-state index is 13.6. The highest BCUT2D eigenvalue weighted by Gasteiger charge is 2.18. The summed E-state index contributed by atoms with van der Waals surface area (Å²) in [5.41, 5.74) is 10.2. The zero-order valence-electron chi connectivity index (χ0n) is 15.0. The molecule has 0 saturated heterocycles. The van der Waals surface area contributed by atoms with Gasteiger partial charge >= 0.3 is 0 Å². The van der Waals surface area contributed by atoms with Crippen molar-refractivity contribution in [2.75, 3.05) is 19.4 Å². The van der Waals surface area contributed by atoms with E-state index in [9.17, 15) is 4.39 Å². The maximum Gasteiger partial charge on any atom is 0.220 e. The average molecular weight is 365 g/mol. The second-order valence-electron chi connectivity index (χ2n) is 6.56. The van der Waals surface area contributed by atoms with Crippen LogP contribution in [0.5, 0.6) is 5.75 Å². The highest BCUT2D eigenvalue weighted by atomic mass is 19.1. The minimum Gasteiger partial charge on any atom is -0.496 e. The highest BCUT2D eigenvalue weighted by molar-refractivity contribution is 5.67. The summed E-state index contributed by atoms with van der Waals surface area (Å²) < 4.78 is 18.9. The van der Waals surface area contributed by atoms with E-state index in [1.54, 1.807) is 19.4 Å². The van der Waals surface area contributed by atoms with Crippen LogP contribution in [0.15, 0.2) is 42.7 Å². The third kappa shape index (κ3) is 3.73. The topological polar surface area (TPSA) is 77.2 Å². The molecule has 1 aliphatic rings. The summed E-state index contributed by atoms with van der Waals surface area (Å²) in [5.74, 6) is 0.616. The van der Waals surface area contributed by atoms with Crippen LogP contribution in [0.3, 0.4) is 0 Å². The van der Waals surface area contributed by atoms with Gasteiger partial charge in [-0.1, -0.05) is 6.07 Å². The molecular weight excluding hydrogens is 345 g/mol. The number of aromatic nitrogens is 3. The molecule has 4 rings (SSSR count). The molecule has 1 aromatic carbocycles. The van der Waals surface area contributed by atoms with Crippen molar-refractivity contribution in [1.82, 2.24) is 19.9 Å². The van der Waals surface area contributed by atoms with Gasteiger partial charge < -0.3 is 10.5 Å². The van der Waals surface area contributed by atoms with E-state index >= 15 is 0 Å². The Morgan fingerprint density at radius 3 is 2.85 bits per heavy atom. The number of nitrogen functional groups attached to an aromatic ring is 1. The Morgan fingerprint density at radius 2 is 2.07 bits per heavy atom. The highest BCUT2D eigenvalue weighted by Crippen LogP contribution is 2.29. The van der Waals surface area contributed by atoms with Crippen molar-refractivity contribution in [3.8, 4) is 17.0 Å². The first-order valence-electron chi connectivity index (χ1n) is 8.74. The summed E-state index contributed by atoms with van der Waals surface area (Å²) in [7, 11) is 1.57. The number of nitrogens with two attached hydrogens (primary N) is 1. The Hall–Kier alpha value is -3.06. The van der Waals surface area contributed by atoms with Crippen molar-refractivity contribution in [2.24, 2.45) is 0 Å². The van der Waals surface area contributed by atoms with Crippen LogP contribution in [-0.4, -0.2) is 33.5 Å². The summed E-state index contributed by atoms with van der Waals surface area (Å²) >= 11 is 0. The van der Waals surface area contributed by atoms with Crippen molar-refractivity contribution >= 4 is 5.95 Å². The Labute approximate surface area is 156 Å². The number of methoxy groups -OCH3 is 1. The van der Waals surface area contributed by atoms with E-state index < -0.39 is 0 Å². The Bertz CT molecular complexity index is 961. The summed E-state index contributed by atoms with van der Waals surface area (Å²) in [6.45, 7) is 2.47. The second kappa shape index (κ2) is 7.28. The number of halogens is 1. The zero-order valence-corrected chi connectivity index (χ0v) is 15.0. The van der Waals surface area contributed by atoms with Crippen molar-refractivity contribution in [3.63, 3.8) is 0 Å². The molecule has 0 saturated carbocycles. The van der Waals surface area contributed by atoms with Crippen molar-refractivity contribution in [3.05, 3.63) is 65.4 Å². The largest absolute Gasteiger partial charge is 0.496 e. The van der Waals surface area contributed by atoms with Crippen LogP contribution in [0.1, 0.15) is 16.8 Å². The number of ether oxygens (including phenoxy) is 1. The molecule has 7 heteroatoms. The molecule has 27 heavy (non-hydrogen) atoms. The number of rotatable bonds is 4. The minimum absolute atomic E-state index is 0.313. The van der Waals surface area contributed by atoms with Gasteiger partial charge in [0.25, 0.3) is 0 Å². The zero-order chi connectivity index (χ0) is 18.8. The number of benzene rings is 1. The Balaban J connectivity index is 1.49. The molecule has 0 unspecified atom stereocenters. The lowest BCUT2D eigenvalue weighted by Gasteiger charge is -2.27. The van der Waals surface area contributed by atoms with E-state index in [1.165, 1.54) is 12.1 Å². The van der Waals surface area contributed by atoms with E-state index in [4.69, 9.17) is 10.5 Å². The molecule has 0 radical (unpaired) electrons. The molecule has 3 heterocycles. The van der Waals surface area contributed by atoms with E-state index in [0.29, 0.717) is 23.0 Å². The molecule has 0 aliphatic carbocycles. The Kier molecular flexibility index (Phi) is 4.68. The fraction of sp³-hybridized carbons (Fsp3) is 0.250. The first kappa shape index (κ1) is 17.4.